The van der Waals surface area contributed by atoms with Crippen molar-refractivity contribution in [3.8, 4) is 5.75 Å². The van der Waals surface area contributed by atoms with Crippen molar-refractivity contribution in [2.75, 3.05) is 0 Å². The summed E-state index contributed by atoms with van der Waals surface area (Å²) in [5, 5.41) is 2.53. The van der Waals surface area contributed by atoms with Crippen LogP contribution in [0, 0.1) is 5.92 Å². The van der Waals surface area contributed by atoms with Crippen molar-refractivity contribution >= 4 is 10.8 Å². The van der Waals surface area contributed by atoms with Crippen molar-refractivity contribution in [3.63, 3.8) is 0 Å². The van der Waals surface area contributed by atoms with Gasteiger partial charge in [-0.1, -0.05) is 68.4 Å². The number of aryl methyl sites for hydroxylation is 1. The first-order valence-electron chi connectivity index (χ1n) is 8.41. The third-order valence-electron chi connectivity index (χ3n) is 4.21. The van der Waals surface area contributed by atoms with E-state index in [1.807, 2.05) is 0 Å². The third kappa shape index (κ3) is 4.13. The lowest BCUT2D eigenvalue weighted by Gasteiger charge is -2.10. The highest BCUT2D eigenvalue weighted by Crippen LogP contribution is 2.21. The number of rotatable bonds is 6. The summed E-state index contributed by atoms with van der Waals surface area (Å²) < 4.78 is 5.98. The SMILES string of the molecule is CC(C)CCc1ccc(OCc2cccc3ccccc23)cc1. The highest BCUT2D eigenvalue weighted by Gasteiger charge is 2.02. The van der Waals surface area contributed by atoms with Gasteiger partial charge in [-0.05, 0) is 52.8 Å². The fraction of sp³-hybridized carbons (Fsp3) is 0.273. The summed E-state index contributed by atoms with van der Waals surface area (Å²) in [5.41, 5.74) is 2.61. The molecule has 0 spiro atoms. The molecule has 0 saturated heterocycles. The molecule has 0 N–H and O–H groups in total. The summed E-state index contributed by atoms with van der Waals surface area (Å²) >= 11 is 0. The number of hydrogen-bond donors (Lipinski definition) is 0. The van der Waals surface area contributed by atoms with Crippen molar-refractivity contribution in [2.24, 2.45) is 5.92 Å². The zero-order chi connectivity index (χ0) is 16.1. The van der Waals surface area contributed by atoms with Gasteiger partial charge in [0.25, 0.3) is 0 Å². The fourth-order valence-electron chi connectivity index (χ4n) is 2.79. The summed E-state index contributed by atoms with van der Waals surface area (Å²) in [7, 11) is 0. The fourth-order valence-corrected chi connectivity index (χ4v) is 2.79. The largest absolute Gasteiger partial charge is 0.489 e. The maximum Gasteiger partial charge on any atom is 0.119 e. The Balaban J connectivity index is 1.65. The van der Waals surface area contributed by atoms with Crippen LogP contribution in [-0.2, 0) is 13.0 Å². The van der Waals surface area contributed by atoms with Gasteiger partial charge in [0.1, 0.15) is 12.4 Å². The lowest BCUT2D eigenvalue weighted by atomic mass is 10.0. The predicted molar refractivity (Wildman–Crippen MR) is 97.9 cm³/mol. The minimum absolute atomic E-state index is 0.604. The smallest absolute Gasteiger partial charge is 0.119 e. The molecule has 0 fully saturated rings. The van der Waals surface area contributed by atoms with Crippen LogP contribution in [0.3, 0.4) is 0 Å². The Morgan fingerprint density at radius 3 is 2.35 bits per heavy atom. The molecule has 0 unspecified atom stereocenters. The van der Waals surface area contributed by atoms with Crippen molar-refractivity contribution in [2.45, 2.75) is 33.3 Å². The van der Waals surface area contributed by atoms with E-state index in [1.54, 1.807) is 0 Å². The minimum atomic E-state index is 0.604. The summed E-state index contributed by atoms with van der Waals surface area (Å²) in [4.78, 5) is 0. The first-order valence-corrected chi connectivity index (χ1v) is 8.41. The van der Waals surface area contributed by atoms with E-state index in [1.165, 1.54) is 28.3 Å². The first kappa shape index (κ1) is 15.6. The second-order valence-corrected chi connectivity index (χ2v) is 6.50. The Labute approximate surface area is 138 Å². The van der Waals surface area contributed by atoms with Gasteiger partial charge < -0.3 is 4.74 Å². The number of ether oxygens (including phenoxy) is 1. The normalized spacial score (nSPS) is 11.1. The molecule has 0 radical (unpaired) electrons. The van der Waals surface area contributed by atoms with E-state index in [9.17, 15) is 0 Å². The van der Waals surface area contributed by atoms with Gasteiger partial charge in [-0.3, -0.25) is 0 Å². The molecule has 23 heavy (non-hydrogen) atoms. The van der Waals surface area contributed by atoms with Crippen LogP contribution < -0.4 is 4.74 Å². The molecule has 3 rings (SSSR count). The van der Waals surface area contributed by atoms with Crippen LogP contribution in [0.4, 0.5) is 0 Å². The Hall–Kier alpha value is -2.28. The molecule has 0 aliphatic carbocycles. The summed E-state index contributed by atoms with van der Waals surface area (Å²) in [6.07, 6.45) is 2.37. The van der Waals surface area contributed by atoms with Gasteiger partial charge in [0.2, 0.25) is 0 Å². The molecule has 0 amide bonds. The van der Waals surface area contributed by atoms with Gasteiger partial charge in [-0.15, -0.1) is 0 Å². The number of hydrogen-bond acceptors (Lipinski definition) is 1. The molecule has 3 aromatic carbocycles. The van der Waals surface area contributed by atoms with E-state index in [4.69, 9.17) is 4.74 Å². The highest BCUT2D eigenvalue weighted by molar-refractivity contribution is 5.85. The molecule has 0 aromatic heterocycles. The quantitative estimate of drug-likeness (QED) is 0.542. The lowest BCUT2D eigenvalue weighted by Crippen LogP contribution is -1.97. The van der Waals surface area contributed by atoms with Gasteiger partial charge in [0.05, 0.1) is 0 Å². The van der Waals surface area contributed by atoms with Crippen molar-refractivity contribution < 1.29 is 4.74 Å². The molecule has 0 saturated carbocycles. The average molecular weight is 304 g/mol. The summed E-state index contributed by atoms with van der Waals surface area (Å²) in [5.74, 6) is 1.68. The molecule has 0 bridgehead atoms. The van der Waals surface area contributed by atoms with Crippen LogP contribution in [0.25, 0.3) is 10.8 Å². The van der Waals surface area contributed by atoms with E-state index in [0.717, 1.165) is 18.1 Å². The second-order valence-electron chi connectivity index (χ2n) is 6.50. The van der Waals surface area contributed by atoms with Crippen LogP contribution in [0.2, 0.25) is 0 Å². The topological polar surface area (TPSA) is 9.23 Å². The van der Waals surface area contributed by atoms with Gasteiger partial charge in [-0.25, -0.2) is 0 Å². The van der Waals surface area contributed by atoms with E-state index < -0.39 is 0 Å². The Kier molecular flexibility index (Phi) is 4.97. The maximum atomic E-state index is 5.98. The number of benzene rings is 3. The van der Waals surface area contributed by atoms with Crippen LogP contribution in [0.1, 0.15) is 31.4 Å². The lowest BCUT2D eigenvalue weighted by molar-refractivity contribution is 0.307. The molecule has 118 valence electrons. The molecule has 0 aliphatic rings. The van der Waals surface area contributed by atoms with Gasteiger partial charge >= 0.3 is 0 Å². The van der Waals surface area contributed by atoms with E-state index in [-0.39, 0.29) is 0 Å². The Bertz CT molecular complexity index is 751. The predicted octanol–water partition coefficient (Wildman–Crippen LogP) is 6.01. The van der Waals surface area contributed by atoms with Gasteiger partial charge in [0, 0.05) is 0 Å². The van der Waals surface area contributed by atoms with Crippen LogP contribution in [-0.4, -0.2) is 0 Å². The first-order chi connectivity index (χ1) is 11.2. The number of fused-ring (bicyclic) bond motifs is 1. The standard InChI is InChI=1S/C22H24O/c1-17(2)10-11-18-12-14-21(15-13-18)23-16-20-8-5-7-19-6-3-4-9-22(19)20/h3-9,12-15,17H,10-11,16H2,1-2H3. The van der Waals surface area contributed by atoms with Crippen molar-refractivity contribution in [1.82, 2.24) is 0 Å². The maximum absolute atomic E-state index is 5.98. The third-order valence-corrected chi connectivity index (χ3v) is 4.21. The molecular formula is C22H24O. The monoisotopic (exact) mass is 304 g/mol. The second kappa shape index (κ2) is 7.32. The Morgan fingerprint density at radius 2 is 1.57 bits per heavy atom. The minimum Gasteiger partial charge on any atom is -0.489 e. The molecular weight excluding hydrogens is 280 g/mol. The van der Waals surface area contributed by atoms with Gasteiger partial charge in [-0.2, -0.15) is 0 Å². The molecule has 1 heteroatoms. The van der Waals surface area contributed by atoms with Crippen molar-refractivity contribution in [1.29, 1.82) is 0 Å². The van der Waals surface area contributed by atoms with Crippen LogP contribution in [0.5, 0.6) is 5.75 Å². The summed E-state index contributed by atoms with van der Waals surface area (Å²) in [6.45, 7) is 5.13. The Morgan fingerprint density at radius 1 is 0.826 bits per heavy atom. The molecule has 0 heterocycles. The van der Waals surface area contributed by atoms with E-state index in [0.29, 0.717) is 6.61 Å². The average Bonchev–Trinajstić information content (AvgIpc) is 2.59. The molecule has 3 aromatic rings. The highest BCUT2D eigenvalue weighted by atomic mass is 16.5. The van der Waals surface area contributed by atoms with E-state index >= 15 is 0 Å². The van der Waals surface area contributed by atoms with Crippen molar-refractivity contribution in [3.05, 3.63) is 77.9 Å². The van der Waals surface area contributed by atoms with Crippen LogP contribution in [0.15, 0.2) is 66.7 Å². The summed E-state index contributed by atoms with van der Waals surface area (Å²) in [6, 6.07) is 23.4. The zero-order valence-electron chi connectivity index (χ0n) is 14.0. The van der Waals surface area contributed by atoms with Crippen LogP contribution >= 0.6 is 0 Å². The van der Waals surface area contributed by atoms with Gasteiger partial charge in [0.15, 0.2) is 0 Å². The molecule has 1 nitrogen and oxygen atoms in total. The molecule has 0 atom stereocenters. The zero-order valence-corrected chi connectivity index (χ0v) is 14.0. The molecule has 0 aliphatic heterocycles. The van der Waals surface area contributed by atoms with E-state index in [2.05, 4.69) is 80.6 Å².